The Hall–Kier alpha value is -1.73. The largest absolute Gasteiger partial charge is 0.384 e. The van der Waals surface area contributed by atoms with Gasteiger partial charge in [-0.25, -0.2) is 4.98 Å². The molecule has 7 heteroatoms. The van der Waals surface area contributed by atoms with Crippen LogP contribution in [0, 0.1) is 0 Å². The van der Waals surface area contributed by atoms with E-state index in [0.29, 0.717) is 6.61 Å². The lowest BCUT2D eigenvalue weighted by molar-refractivity contribution is 0.201. The molecule has 3 rings (SSSR count). The molecule has 22 heavy (non-hydrogen) atoms. The summed E-state index contributed by atoms with van der Waals surface area (Å²) in [5.41, 5.74) is 1.25. The Balaban J connectivity index is 1.61. The summed E-state index contributed by atoms with van der Waals surface area (Å²) >= 11 is 1.49. The molecule has 3 heterocycles. The Morgan fingerprint density at radius 3 is 2.73 bits per heavy atom. The van der Waals surface area contributed by atoms with E-state index in [-0.39, 0.29) is 0 Å². The second-order valence-electron chi connectivity index (χ2n) is 5.27. The molecule has 1 saturated heterocycles. The molecule has 0 aliphatic carbocycles. The summed E-state index contributed by atoms with van der Waals surface area (Å²) in [7, 11) is 1.70. The molecule has 1 fully saturated rings. The Kier molecular flexibility index (Phi) is 5.18. The summed E-state index contributed by atoms with van der Waals surface area (Å²) in [6.07, 6.45) is 5.61. The normalized spacial score (nSPS) is 15.9. The number of anilines is 2. The second kappa shape index (κ2) is 7.51. The first-order chi connectivity index (χ1) is 10.9. The fourth-order valence-corrected chi connectivity index (χ4v) is 3.35. The number of rotatable bonds is 5. The van der Waals surface area contributed by atoms with E-state index in [9.17, 15) is 0 Å². The zero-order valence-corrected chi connectivity index (χ0v) is 13.6. The van der Waals surface area contributed by atoms with Gasteiger partial charge in [0.15, 0.2) is 0 Å². The van der Waals surface area contributed by atoms with E-state index in [1.165, 1.54) is 17.2 Å². The maximum Gasteiger partial charge on any atom is 0.205 e. The molecule has 118 valence electrons. The molecular weight excluding hydrogens is 298 g/mol. The highest BCUT2D eigenvalue weighted by Crippen LogP contribution is 2.21. The van der Waals surface area contributed by atoms with Crippen LogP contribution >= 0.6 is 11.5 Å². The van der Waals surface area contributed by atoms with Crippen LogP contribution in [0.1, 0.15) is 12.2 Å². The zero-order valence-electron chi connectivity index (χ0n) is 12.8. The van der Waals surface area contributed by atoms with Crippen molar-refractivity contribution in [2.75, 3.05) is 49.7 Å². The molecule has 2 aromatic heterocycles. The Morgan fingerprint density at radius 2 is 1.91 bits per heavy atom. The Bertz CT molecular complexity index is 576. The first-order valence-electron chi connectivity index (χ1n) is 7.58. The van der Waals surface area contributed by atoms with Crippen LogP contribution in [-0.4, -0.2) is 54.2 Å². The zero-order chi connectivity index (χ0) is 15.2. The lowest BCUT2D eigenvalue weighted by Crippen LogP contribution is -2.30. The van der Waals surface area contributed by atoms with Gasteiger partial charge in [-0.2, -0.15) is 4.37 Å². The minimum Gasteiger partial charge on any atom is -0.384 e. The van der Waals surface area contributed by atoms with Gasteiger partial charge in [0.1, 0.15) is 5.82 Å². The molecule has 0 N–H and O–H groups in total. The summed E-state index contributed by atoms with van der Waals surface area (Å²) in [4.78, 5) is 13.5. The lowest BCUT2D eigenvalue weighted by Gasteiger charge is -2.23. The average molecular weight is 319 g/mol. The number of pyridine rings is 1. The minimum absolute atomic E-state index is 0.673. The summed E-state index contributed by atoms with van der Waals surface area (Å²) in [5.74, 6) is 0.886. The monoisotopic (exact) mass is 319 g/mol. The van der Waals surface area contributed by atoms with Gasteiger partial charge >= 0.3 is 0 Å². The number of aromatic nitrogens is 3. The van der Waals surface area contributed by atoms with Crippen LogP contribution in [-0.2, 0) is 11.2 Å². The summed E-state index contributed by atoms with van der Waals surface area (Å²) < 4.78 is 9.51. The third-order valence-corrected chi connectivity index (χ3v) is 4.60. The van der Waals surface area contributed by atoms with Gasteiger partial charge in [-0.15, -0.1) is 0 Å². The first-order valence-corrected chi connectivity index (χ1v) is 8.35. The van der Waals surface area contributed by atoms with Crippen molar-refractivity contribution in [3.63, 3.8) is 0 Å². The number of ether oxygens (including phenoxy) is 1. The smallest absolute Gasteiger partial charge is 0.205 e. The topological polar surface area (TPSA) is 54.4 Å². The van der Waals surface area contributed by atoms with Gasteiger partial charge in [0.05, 0.1) is 6.61 Å². The molecule has 1 aliphatic heterocycles. The molecule has 0 amide bonds. The molecule has 0 saturated carbocycles. The van der Waals surface area contributed by atoms with Gasteiger partial charge in [0.2, 0.25) is 5.13 Å². The first kappa shape index (κ1) is 15.2. The Morgan fingerprint density at radius 1 is 1.14 bits per heavy atom. The number of hydrogen-bond acceptors (Lipinski definition) is 7. The van der Waals surface area contributed by atoms with Crippen LogP contribution in [0.4, 0.5) is 10.8 Å². The predicted molar refractivity (Wildman–Crippen MR) is 88.8 cm³/mol. The van der Waals surface area contributed by atoms with Crippen LogP contribution in [0.3, 0.4) is 0 Å². The van der Waals surface area contributed by atoms with Crippen molar-refractivity contribution in [1.82, 2.24) is 14.3 Å². The van der Waals surface area contributed by atoms with Crippen molar-refractivity contribution in [2.24, 2.45) is 0 Å². The maximum absolute atomic E-state index is 5.08. The fraction of sp³-hybridized carbons (Fsp3) is 0.533. The van der Waals surface area contributed by atoms with E-state index in [1.54, 1.807) is 7.11 Å². The molecule has 0 bridgehead atoms. The summed E-state index contributed by atoms with van der Waals surface area (Å²) in [5, 5.41) is 1.03. The van der Waals surface area contributed by atoms with Crippen molar-refractivity contribution < 1.29 is 4.74 Å². The summed E-state index contributed by atoms with van der Waals surface area (Å²) in [6, 6.07) is 4.15. The molecule has 0 unspecified atom stereocenters. The molecule has 0 spiro atoms. The van der Waals surface area contributed by atoms with E-state index in [1.807, 2.05) is 12.4 Å². The van der Waals surface area contributed by atoms with Gasteiger partial charge in [-0.05, 0) is 18.6 Å². The molecular formula is C15H21N5OS. The Labute approximate surface area is 134 Å². The van der Waals surface area contributed by atoms with Crippen LogP contribution in [0.5, 0.6) is 0 Å². The van der Waals surface area contributed by atoms with Gasteiger partial charge in [-0.3, -0.25) is 4.98 Å². The van der Waals surface area contributed by atoms with Crippen molar-refractivity contribution in [3.8, 4) is 0 Å². The molecule has 0 atom stereocenters. The van der Waals surface area contributed by atoms with Crippen molar-refractivity contribution in [3.05, 3.63) is 30.4 Å². The molecule has 2 aromatic rings. The molecule has 0 aromatic carbocycles. The second-order valence-corrected chi connectivity index (χ2v) is 6.00. The fourth-order valence-electron chi connectivity index (χ4n) is 2.59. The van der Waals surface area contributed by atoms with Gasteiger partial charge in [0, 0.05) is 69.3 Å². The van der Waals surface area contributed by atoms with Crippen LogP contribution in [0.2, 0.25) is 0 Å². The van der Waals surface area contributed by atoms with E-state index >= 15 is 0 Å². The van der Waals surface area contributed by atoms with Gasteiger partial charge < -0.3 is 14.5 Å². The number of hydrogen-bond donors (Lipinski definition) is 0. The predicted octanol–water partition coefficient (Wildman–Crippen LogP) is 1.84. The molecule has 0 radical (unpaired) electrons. The van der Waals surface area contributed by atoms with E-state index < -0.39 is 0 Å². The van der Waals surface area contributed by atoms with Crippen molar-refractivity contribution in [1.29, 1.82) is 0 Å². The minimum atomic E-state index is 0.673. The van der Waals surface area contributed by atoms with Crippen molar-refractivity contribution in [2.45, 2.75) is 12.8 Å². The number of methoxy groups -OCH3 is 1. The highest BCUT2D eigenvalue weighted by molar-refractivity contribution is 7.09. The standard InChI is InChI=1S/C15H21N5OS/c1-21-12-5-14-17-15(22-18-14)20-9-2-8-19(10-11-20)13-3-6-16-7-4-13/h3-4,6-7H,2,5,8-12H2,1H3. The van der Waals surface area contributed by atoms with Crippen LogP contribution < -0.4 is 9.80 Å². The lowest BCUT2D eigenvalue weighted by atomic mass is 10.3. The maximum atomic E-state index is 5.08. The van der Waals surface area contributed by atoms with E-state index in [2.05, 4.69) is 36.3 Å². The van der Waals surface area contributed by atoms with Gasteiger partial charge in [0.25, 0.3) is 0 Å². The van der Waals surface area contributed by atoms with Crippen molar-refractivity contribution >= 4 is 22.4 Å². The molecule has 1 aliphatic rings. The highest BCUT2D eigenvalue weighted by atomic mass is 32.1. The van der Waals surface area contributed by atoms with Crippen LogP contribution in [0.25, 0.3) is 0 Å². The summed E-state index contributed by atoms with van der Waals surface area (Å²) in [6.45, 7) is 4.74. The van der Waals surface area contributed by atoms with E-state index in [0.717, 1.165) is 50.0 Å². The van der Waals surface area contributed by atoms with E-state index in [4.69, 9.17) is 4.74 Å². The third kappa shape index (κ3) is 3.72. The molecule has 6 nitrogen and oxygen atoms in total. The van der Waals surface area contributed by atoms with Gasteiger partial charge in [-0.1, -0.05) is 0 Å². The average Bonchev–Trinajstić information content (AvgIpc) is 2.90. The number of nitrogens with zero attached hydrogens (tertiary/aromatic N) is 5. The quantitative estimate of drug-likeness (QED) is 0.838. The SMILES string of the molecule is COCCc1nsc(N2CCCN(c3ccncc3)CC2)n1. The highest BCUT2D eigenvalue weighted by Gasteiger charge is 2.18. The van der Waals surface area contributed by atoms with Crippen LogP contribution in [0.15, 0.2) is 24.5 Å². The third-order valence-electron chi connectivity index (χ3n) is 3.78.